The highest BCUT2D eigenvalue weighted by atomic mass is 32.2. The van der Waals surface area contributed by atoms with E-state index in [2.05, 4.69) is 14.9 Å². The molecule has 0 bridgehead atoms. The largest absolute Gasteiger partial charge is 0.325 e. The lowest BCUT2D eigenvalue weighted by Gasteiger charge is -2.09. The highest BCUT2D eigenvalue weighted by molar-refractivity contribution is 7.99. The molecule has 9 nitrogen and oxygen atoms in total. The van der Waals surface area contributed by atoms with Crippen LogP contribution in [0.15, 0.2) is 66.1 Å². The molecule has 1 aliphatic heterocycles. The van der Waals surface area contributed by atoms with Crippen molar-refractivity contribution >= 4 is 45.3 Å². The lowest BCUT2D eigenvalue weighted by molar-refractivity contribution is -0.384. The van der Waals surface area contributed by atoms with E-state index in [1.807, 2.05) is 41.8 Å². The van der Waals surface area contributed by atoms with Gasteiger partial charge in [0.25, 0.3) is 11.6 Å². The Bertz CT molecular complexity index is 1610. The summed E-state index contributed by atoms with van der Waals surface area (Å²) in [6.45, 7) is 2.80. The van der Waals surface area contributed by atoms with Crippen molar-refractivity contribution in [1.82, 2.24) is 18.9 Å². The van der Waals surface area contributed by atoms with E-state index in [4.69, 9.17) is 4.98 Å². The summed E-state index contributed by atoms with van der Waals surface area (Å²) in [5, 5.41) is 15.2. The Kier molecular flexibility index (Phi) is 5.15. The summed E-state index contributed by atoms with van der Waals surface area (Å²) in [6, 6.07) is 14.0. The van der Waals surface area contributed by atoms with Crippen LogP contribution in [0.3, 0.4) is 0 Å². The zero-order chi connectivity index (χ0) is 24.1. The number of imidazole rings is 2. The minimum Gasteiger partial charge on any atom is -0.325 e. The van der Waals surface area contributed by atoms with Crippen LogP contribution < -0.4 is 5.32 Å². The summed E-state index contributed by atoms with van der Waals surface area (Å²) in [5.41, 5.74) is 4.43. The molecule has 0 spiro atoms. The normalized spacial score (nSPS) is 12.7. The first-order chi connectivity index (χ1) is 17.0. The number of rotatable bonds is 5. The molecule has 2 aromatic carbocycles. The summed E-state index contributed by atoms with van der Waals surface area (Å²) >= 11 is 3.01. The van der Waals surface area contributed by atoms with Gasteiger partial charge in [0.1, 0.15) is 4.88 Å². The van der Waals surface area contributed by atoms with Crippen LogP contribution in [0.2, 0.25) is 0 Å². The number of aromatic nitrogens is 4. The molecular weight excluding hydrogens is 484 g/mol. The van der Waals surface area contributed by atoms with Crippen LogP contribution >= 0.6 is 23.1 Å². The zero-order valence-electron chi connectivity index (χ0n) is 18.5. The molecule has 3 aromatic heterocycles. The molecule has 0 aliphatic carbocycles. The molecule has 1 aliphatic rings. The fraction of sp³-hybridized carbons (Fsp3) is 0.125. The van der Waals surface area contributed by atoms with E-state index in [0.717, 1.165) is 34.4 Å². The predicted octanol–water partition coefficient (Wildman–Crippen LogP) is 5.50. The van der Waals surface area contributed by atoms with Crippen molar-refractivity contribution in [2.75, 3.05) is 11.1 Å². The molecule has 5 aromatic rings. The van der Waals surface area contributed by atoms with E-state index >= 15 is 0 Å². The molecule has 11 heteroatoms. The van der Waals surface area contributed by atoms with Gasteiger partial charge in [0, 0.05) is 53.6 Å². The number of non-ortho nitro benzene ring substituents is 1. The Morgan fingerprint density at radius 1 is 1.11 bits per heavy atom. The van der Waals surface area contributed by atoms with Gasteiger partial charge in [-0.1, -0.05) is 53.4 Å². The SMILES string of the molecule is Cc1c(C(=O)Nc2ccccc2-c2cn3c(n2)SCC3)sc2nc(-c3cccc([N+](=O)[O-])c3)cn12. The van der Waals surface area contributed by atoms with E-state index in [1.54, 1.807) is 30.1 Å². The van der Waals surface area contributed by atoms with Crippen molar-refractivity contribution in [3.63, 3.8) is 0 Å². The number of carbonyl (C=O) groups is 1. The van der Waals surface area contributed by atoms with Gasteiger partial charge in [-0.05, 0) is 13.0 Å². The number of nitro groups is 1. The zero-order valence-corrected chi connectivity index (χ0v) is 20.1. The first-order valence-corrected chi connectivity index (χ1v) is 12.6. The van der Waals surface area contributed by atoms with Gasteiger partial charge in [-0.15, -0.1) is 0 Å². The highest BCUT2D eigenvalue weighted by Gasteiger charge is 2.21. The highest BCUT2D eigenvalue weighted by Crippen LogP contribution is 2.34. The topological polar surface area (TPSA) is 107 Å². The van der Waals surface area contributed by atoms with Crippen molar-refractivity contribution < 1.29 is 9.72 Å². The summed E-state index contributed by atoms with van der Waals surface area (Å²) < 4.78 is 3.98. The van der Waals surface area contributed by atoms with Gasteiger partial charge in [0.05, 0.1) is 22.0 Å². The molecule has 1 N–H and O–H groups in total. The quantitative estimate of drug-likeness (QED) is 0.251. The Morgan fingerprint density at radius 2 is 1.97 bits per heavy atom. The van der Waals surface area contributed by atoms with Crippen LogP contribution in [0.4, 0.5) is 11.4 Å². The third-order valence-electron chi connectivity index (χ3n) is 5.87. The molecule has 0 unspecified atom stereocenters. The van der Waals surface area contributed by atoms with E-state index < -0.39 is 4.92 Å². The molecule has 174 valence electrons. The number of para-hydroxylation sites is 1. The van der Waals surface area contributed by atoms with Gasteiger partial charge in [-0.2, -0.15) is 0 Å². The van der Waals surface area contributed by atoms with Gasteiger partial charge in [0.2, 0.25) is 0 Å². The average Bonchev–Trinajstić information content (AvgIpc) is 3.61. The third-order valence-corrected chi connectivity index (χ3v) is 8.00. The number of thiazole rings is 1. The lowest BCUT2D eigenvalue weighted by atomic mass is 10.1. The summed E-state index contributed by atoms with van der Waals surface area (Å²) in [5.74, 6) is 0.812. The molecule has 1 amide bonds. The van der Waals surface area contributed by atoms with Crippen LogP contribution in [0.1, 0.15) is 15.4 Å². The van der Waals surface area contributed by atoms with Crippen molar-refractivity contribution in [3.05, 3.63) is 81.6 Å². The van der Waals surface area contributed by atoms with E-state index in [1.165, 1.54) is 23.5 Å². The number of amides is 1. The fourth-order valence-electron chi connectivity index (χ4n) is 4.11. The second-order valence-electron chi connectivity index (χ2n) is 8.05. The van der Waals surface area contributed by atoms with Crippen molar-refractivity contribution in [2.45, 2.75) is 18.6 Å². The Balaban J connectivity index is 1.29. The van der Waals surface area contributed by atoms with Gasteiger partial charge in [-0.25, -0.2) is 9.97 Å². The van der Waals surface area contributed by atoms with Crippen molar-refractivity contribution in [3.8, 4) is 22.5 Å². The Hall–Kier alpha value is -3.96. The van der Waals surface area contributed by atoms with Crippen LogP contribution in [0.25, 0.3) is 27.5 Å². The van der Waals surface area contributed by atoms with Gasteiger partial charge >= 0.3 is 0 Å². The fourth-order valence-corrected chi connectivity index (χ4v) is 6.06. The number of nitrogens with one attached hydrogen (secondary N) is 1. The van der Waals surface area contributed by atoms with E-state index in [-0.39, 0.29) is 11.6 Å². The third kappa shape index (κ3) is 3.78. The molecule has 0 fully saturated rings. The number of nitrogens with zero attached hydrogens (tertiary/aromatic N) is 5. The maximum atomic E-state index is 13.3. The number of aryl methyl sites for hydroxylation is 2. The second kappa shape index (κ2) is 8.36. The number of fused-ring (bicyclic) bond motifs is 2. The molecule has 4 heterocycles. The summed E-state index contributed by atoms with van der Waals surface area (Å²) in [4.78, 5) is 34.5. The molecular formula is C24H18N6O3S2. The smallest absolute Gasteiger partial charge is 0.270 e. The number of thioether (sulfide) groups is 1. The monoisotopic (exact) mass is 502 g/mol. The van der Waals surface area contributed by atoms with E-state index in [9.17, 15) is 14.9 Å². The van der Waals surface area contributed by atoms with Gasteiger partial charge in [-0.3, -0.25) is 19.3 Å². The van der Waals surface area contributed by atoms with Crippen LogP contribution in [-0.4, -0.2) is 35.5 Å². The number of anilines is 1. The molecule has 0 radical (unpaired) electrons. The van der Waals surface area contributed by atoms with Gasteiger partial charge < -0.3 is 9.88 Å². The molecule has 35 heavy (non-hydrogen) atoms. The summed E-state index contributed by atoms with van der Waals surface area (Å²) in [6.07, 6.45) is 3.83. The van der Waals surface area contributed by atoms with Crippen LogP contribution in [0, 0.1) is 17.0 Å². The molecule has 0 atom stereocenters. The number of benzene rings is 2. The maximum absolute atomic E-state index is 13.3. The number of carbonyl (C=O) groups excluding carboxylic acids is 1. The number of hydrogen-bond donors (Lipinski definition) is 1. The Morgan fingerprint density at radius 3 is 2.77 bits per heavy atom. The molecule has 6 rings (SSSR count). The minimum atomic E-state index is -0.427. The van der Waals surface area contributed by atoms with Crippen molar-refractivity contribution in [1.29, 1.82) is 0 Å². The second-order valence-corrected chi connectivity index (χ2v) is 10.1. The van der Waals surface area contributed by atoms with Crippen LogP contribution in [-0.2, 0) is 6.54 Å². The predicted molar refractivity (Wildman–Crippen MR) is 136 cm³/mol. The minimum absolute atomic E-state index is 0.0100. The molecule has 0 saturated heterocycles. The first-order valence-electron chi connectivity index (χ1n) is 10.8. The molecule has 0 saturated carbocycles. The lowest BCUT2D eigenvalue weighted by Crippen LogP contribution is -2.12. The van der Waals surface area contributed by atoms with Crippen LogP contribution in [0.5, 0.6) is 0 Å². The summed E-state index contributed by atoms with van der Waals surface area (Å²) in [7, 11) is 0. The van der Waals surface area contributed by atoms with E-state index in [0.29, 0.717) is 26.8 Å². The average molecular weight is 503 g/mol. The number of hydrogen-bond acceptors (Lipinski definition) is 7. The maximum Gasteiger partial charge on any atom is 0.270 e. The number of nitro benzene ring substituents is 1. The van der Waals surface area contributed by atoms with Gasteiger partial charge in [0.15, 0.2) is 10.1 Å². The first kappa shape index (κ1) is 21.6. The Labute approximate surface area is 207 Å². The standard InChI is InChI=1S/C24H18N6O3S2/c1-14-21(35-24-26-19(13-29(14)24)15-5-4-6-16(11-15)30(32)33)22(31)25-18-8-3-2-7-17(18)20-12-28-9-10-34-23(28)27-20/h2-8,11-13H,9-10H2,1H3,(H,25,31). The van der Waals surface area contributed by atoms with Crippen molar-refractivity contribution in [2.24, 2.45) is 0 Å².